The maximum Gasteiger partial charge on any atom is 0.350 e. The van der Waals surface area contributed by atoms with Gasteiger partial charge in [0, 0.05) is 12.5 Å². The van der Waals surface area contributed by atoms with Crippen LogP contribution in [0.2, 0.25) is 0 Å². The summed E-state index contributed by atoms with van der Waals surface area (Å²) in [6.07, 6.45) is 0. The molecule has 0 aliphatic carbocycles. The minimum Gasteiger partial charge on any atom is -0.409 e. The molecular weight excluding hydrogens is 220 g/mol. The van der Waals surface area contributed by atoms with Gasteiger partial charge in [0.05, 0.1) is 0 Å². The summed E-state index contributed by atoms with van der Waals surface area (Å²) in [4.78, 5) is 0. The van der Waals surface area contributed by atoms with Gasteiger partial charge in [-0.15, -0.1) is 0 Å². The standard InChI is InChI=1S/C5H11F2N3O3S/c1-3(4(8)10-11)2-9-14(12,13)5(6)7/h3,5,9,11H,2H2,1H3,(H2,8,10). The lowest BCUT2D eigenvalue weighted by Gasteiger charge is -2.10. The summed E-state index contributed by atoms with van der Waals surface area (Å²) in [6.45, 7) is 1.08. The van der Waals surface area contributed by atoms with Gasteiger partial charge < -0.3 is 10.9 Å². The number of sulfonamides is 1. The number of alkyl halides is 2. The van der Waals surface area contributed by atoms with E-state index in [1.165, 1.54) is 6.92 Å². The van der Waals surface area contributed by atoms with Gasteiger partial charge in [0.1, 0.15) is 5.84 Å². The third-order valence-corrected chi connectivity index (χ3v) is 2.48. The number of hydrogen-bond donors (Lipinski definition) is 3. The number of nitrogens with zero attached hydrogens (tertiary/aromatic N) is 1. The molecule has 0 saturated carbocycles. The van der Waals surface area contributed by atoms with Gasteiger partial charge >= 0.3 is 5.76 Å². The molecule has 0 aromatic carbocycles. The Labute approximate surface area is 79.8 Å². The Morgan fingerprint density at radius 3 is 2.50 bits per heavy atom. The zero-order valence-electron chi connectivity index (χ0n) is 7.31. The zero-order chi connectivity index (χ0) is 11.4. The highest BCUT2D eigenvalue weighted by Crippen LogP contribution is 2.02. The Balaban J connectivity index is 4.21. The van der Waals surface area contributed by atoms with E-state index < -0.39 is 21.7 Å². The molecule has 0 saturated heterocycles. The average molecular weight is 231 g/mol. The Kier molecular flexibility index (Phi) is 4.71. The minimum absolute atomic E-state index is 0.234. The largest absolute Gasteiger partial charge is 0.409 e. The van der Waals surface area contributed by atoms with Gasteiger partial charge in [-0.25, -0.2) is 13.1 Å². The van der Waals surface area contributed by atoms with Crippen molar-refractivity contribution < 1.29 is 22.4 Å². The van der Waals surface area contributed by atoms with E-state index in [9.17, 15) is 17.2 Å². The highest BCUT2D eigenvalue weighted by molar-refractivity contribution is 7.89. The van der Waals surface area contributed by atoms with E-state index in [0.29, 0.717) is 0 Å². The van der Waals surface area contributed by atoms with Crippen molar-refractivity contribution in [2.24, 2.45) is 16.8 Å². The van der Waals surface area contributed by atoms with Crippen LogP contribution in [0.4, 0.5) is 8.78 Å². The van der Waals surface area contributed by atoms with Gasteiger partial charge in [0.2, 0.25) is 0 Å². The van der Waals surface area contributed by atoms with Crippen LogP contribution < -0.4 is 10.5 Å². The SMILES string of the molecule is CC(CNS(=O)(=O)C(F)F)C(N)=NO. The first kappa shape index (κ1) is 13.0. The molecule has 0 aromatic rings. The molecule has 4 N–H and O–H groups in total. The lowest BCUT2D eigenvalue weighted by Crippen LogP contribution is -2.37. The van der Waals surface area contributed by atoms with Crippen LogP contribution in [0.5, 0.6) is 0 Å². The van der Waals surface area contributed by atoms with Gasteiger partial charge in [-0.1, -0.05) is 12.1 Å². The van der Waals surface area contributed by atoms with Crippen molar-refractivity contribution in [3.05, 3.63) is 0 Å². The van der Waals surface area contributed by atoms with Crippen LogP contribution in [-0.4, -0.2) is 31.8 Å². The number of halogens is 2. The quantitative estimate of drug-likeness (QED) is 0.257. The van der Waals surface area contributed by atoms with E-state index in [4.69, 9.17) is 10.9 Å². The van der Waals surface area contributed by atoms with Crippen molar-refractivity contribution >= 4 is 15.9 Å². The third kappa shape index (κ3) is 3.83. The van der Waals surface area contributed by atoms with Gasteiger partial charge in [-0.3, -0.25) is 0 Å². The van der Waals surface area contributed by atoms with Crippen molar-refractivity contribution in [1.82, 2.24) is 4.72 Å². The number of amidine groups is 1. The first-order chi connectivity index (χ1) is 6.31. The van der Waals surface area contributed by atoms with Crippen LogP contribution in [0.3, 0.4) is 0 Å². The predicted molar refractivity (Wildman–Crippen MR) is 45.5 cm³/mol. The second-order valence-electron chi connectivity index (χ2n) is 2.58. The zero-order valence-corrected chi connectivity index (χ0v) is 8.13. The number of oxime groups is 1. The summed E-state index contributed by atoms with van der Waals surface area (Å²) in [5, 5.41) is 10.8. The molecule has 0 rings (SSSR count). The smallest absolute Gasteiger partial charge is 0.350 e. The molecule has 14 heavy (non-hydrogen) atoms. The van der Waals surface area contributed by atoms with E-state index in [1.807, 2.05) is 0 Å². The molecule has 0 radical (unpaired) electrons. The van der Waals surface area contributed by atoms with Crippen LogP contribution in [-0.2, 0) is 10.0 Å². The first-order valence-corrected chi connectivity index (χ1v) is 5.10. The van der Waals surface area contributed by atoms with Gasteiger partial charge in [-0.2, -0.15) is 8.78 Å². The van der Waals surface area contributed by atoms with Crippen molar-refractivity contribution in [1.29, 1.82) is 0 Å². The van der Waals surface area contributed by atoms with Crippen molar-refractivity contribution in [3.63, 3.8) is 0 Å². The van der Waals surface area contributed by atoms with Gasteiger partial charge in [0.15, 0.2) is 0 Å². The molecule has 9 heteroatoms. The monoisotopic (exact) mass is 231 g/mol. The van der Waals surface area contributed by atoms with E-state index >= 15 is 0 Å². The molecule has 6 nitrogen and oxygen atoms in total. The predicted octanol–water partition coefficient (Wildman–Crippen LogP) is -0.489. The van der Waals surface area contributed by atoms with Crippen LogP contribution in [0.1, 0.15) is 6.92 Å². The van der Waals surface area contributed by atoms with Crippen molar-refractivity contribution in [2.45, 2.75) is 12.7 Å². The Morgan fingerprint density at radius 2 is 2.14 bits per heavy atom. The molecule has 0 aromatic heterocycles. The Morgan fingerprint density at radius 1 is 1.64 bits per heavy atom. The number of nitrogens with two attached hydrogens (primary N) is 1. The lowest BCUT2D eigenvalue weighted by molar-refractivity contribution is 0.232. The van der Waals surface area contributed by atoms with Gasteiger partial charge in [-0.05, 0) is 0 Å². The highest BCUT2D eigenvalue weighted by atomic mass is 32.2. The highest BCUT2D eigenvalue weighted by Gasteiger charge is 2.24. The molecule has 0 aliphatic rings. The average Bonchev–Trinajstić information content (AvgIpc) is 2.12. The second kappa shape index (κ2) is 5.05. The summed E-state index contributed by atoms with van der Waals surface area (Å²) >= 11 is 0. The molecule has 0 spiro atoms. The molecule has 0 bridgehead atoms. The summed E-state index contributed by atoms with van der Waals surface area (Å²) in [7, 11) is -4.61. The fourth-order valence-corrected chi connectivity index (χ4v) is 1.12. The maximum absolute atomic E-state index is 11.8. The van der Waals surface area contributed by atoms with Crippen LogP contribution in [0.25, 0.3) is 0 Å². The van der Waals surface area contributed by atoms with Crippen LogP contribution in [0, 0.1) is 5.92 Å². The van der Waals surface area contributed by atoms with Gasteiger partial charge in [0.25, 0.3) is 10.0 Å². The topological polar surface area (TPSA) is 105 Å². The molecule has 0 aliphatic heterocycles. The third-order valence-electron chi connectivity index (χ3n) is 1.45. The number of rotatable bonds is 5. The lowest BCUT2D eigenvalue weighted by atomic mass is 10.2. The number of nitrogens with one attached hydrogen (secondary N) is 1. The Bertz CT molecular complexity index is 303. The second-order valence-corrected chi connectivity index (χ2v) is 4.32. The van der Waals surface area contributed by atoms with E-state index in [0.717, 1.165) is 0 Å². The number of hydrogen-bond acceptors (Lipinski definition) is 4. The molecule has 1 atom stereocenters. The fourth-order valence-electron chi connectivity index (χ4n) is 0.507. The minimum atomic E-state index is -4.61. The molecule has 1 unspecified atom stereocenters. The molecular formula is C5H11F2N3O3S. The normalized spacial score (nSPS) is 15.9. The first-order valence-electron chi connectivity index (χ1n) is 3.55. The summed E-state index contributed by atoms with van der Waals surface area (Å²) in [6, 6.07) is 0. The fraction of sp³-hybridized carbons (Fsp3) is 0.800. The van der Waals surface area contributed by atoms with Crippen LogP contribution in [0.15, 0.2) is 5.16 Å². The molecule has 0 amide bonds. The van der Waals surface area contributed by atoms with Crippen molar-refractivity contribution in [3.8, 4) is 0 Å². The van der Waals surface area contributed by atoms with E-state index in [1.54, 1.807) is 4.72 Å². The maximum atomic E-state index is 11.8. The van der Waals surface area contributed by atoms with E-state index in [2.05, 4.69) is 5.16 Å². The molecule has 84 valence electrons. The molecule has 0 heterocycles. The summed E-state index contributed by atoms with van der Waals surface area (Å²) in [5.41, 5.74) is 5.10. The van der Waals surface area contributed by atoms with E-state index in [-0.39, 0.29) is 12.4 Å². The van der Waals surface area contributed by atoms with Crippen molar-refractivity contribution in [2.75, 3.05) is 6.54 Å². The summed E-state index contributed by atoms with van der Waals surface area (Å²) < 4.78 is 46.3. The van der Waals surface area contributed by atoms with Crippen LogP contribution >= 0.6 is 0 Å². The Hall–Kier alpha value is -0.960. The summed E-state index contributed by atoms with van der Waals surface area (Å²) in [5.74, 6) is -4.38. The molecule has 0 fully saturated rings.